The third kappa shape index (κ3) is 2.80. The van der Waals surface area contributed by atoms with Crippen molar-refractivity contribution in [2.75, 3.05) is 13.2 Å². The highest BCUT2D eigenvalue weighted by molar-refractivity contribution is 5.07. The van der Waals surface area contributed by atoms with E-state index in [0.29, 0.717) is 6.61 Å². The number of rotatable bonds is 5. The molecule has 0 amide bonds. The van der Waals surface area contributed by atoms with E-state index in [1.165, 1.54) is 18.4 Å². The van der Waals surface area contributed by atoms with Crippen molar-refractivity contribution >= 4 is 0 Å². The van der Waals surface area contributed by atoms with Gasteiger partial charge in [-0.25, -0.2) is 0 Å². The van der Waals surface area contributed by atoms with Crippen LogP contribution in [-0.4, -0.2) is 23.2 Å². The summed E-state index contributed by atoms with van der Waals surface area (Å²) in [6.45, 7) is 2.07. The van der Waals surface area contributed by atoms with Gasteiger partial charge in [-0.05, 0) is 24.5 Å². The maximum absolute atomic E-state index is 9.46. The van der Waals surface area contributed by atoms with Gasteiger partial charge in [-0.2, -0.15) is 0 Å². The van der Waals surface area contributed by atoms with Crippen LogP contribution in [0.15, 0.2) is 24.5 Å². The number of hydrogen-bond acceptors (Lipinski definition) is 3. The van der Waals surface area contributed by atoms with Gasteiger partial charge in [-0.1, -0.05) is 18.9 Å². The predicted molar refractivity (Wildman–Crippen MR) is 63.9 cm³/mol. The molecule has 0 radical (unpaired) electrons. The first-order chi connectivity index (χ1) is 7.85. The second-order valence-corrected chi connectivity index (χ2v) is 4.83. The molecule has 0 unspecified atom stereocenters. The van der Waals surface area contributed by atoms with Crippen LogP contribution in [0.25, 0.3) is 0 Å². The van der Waals surface area contributed by atoms with Crippen molar-refractivity contribution in [1.29, 1.82) is 0 Å². The van der Waals surface area contributed by atoms with Gasteiger partial charge in [-0.15, -0.1) is 0 Å². The number of hydrogen-bond donors (Lipinski definition) is 2. The Bertz CT molecular complexity index is 307. The Morgan fingerprint density at radius 2 is 2.19 bits per heavy atom. The zero-order valence-electron chi connectivity index (χ0n) is 9.65. The normalized spacial score (nSPS) is 18.8. The van der Waals surface area contributed by atoms with Gasteiger partial charge < -0.3 is 10.4 Å². The molecular weight excluding hydrogens is 200 g/mol. The zero-order chi connectivity index (χ0) is 11.3. The third-order valence-electron chi connectivity index (χ3n) is 3.55. The number of nitrogens with one attached hydrogen (secondary N) is 1. The highest BCUT2D eigenvalue weighted by atomic mass is 16.3. The molecule has 88 valence electrons. The topological polar surface area (TPSA) is 45.1 Å². The SMILES string of the molecule is OCC1(CNCc2cccnc2)CCCC1. The van der Waals surface area contributed by atoms with E-state index >= 15 is 0 Å². The summed E-state index contributed by atoms with van der Waals surface area (Å²) in [4.78, 5) is 4.08. The molecule has 2 rings (SSSR count). The molecule has 2 N–H and O–H groups in total. The van der Waals surface area contributed by atoms with Gasteiger partial charge in [0, 0.05) is 37.5 Å². The van der Waals surface area contributed by atoms with Crippen molar-refractivity contribution in [3.63, 3.8) is 0 Å². The molecule has 3 heteroatoms. The molecule has 1 heterocycles. The highest BCUT2D eigenvalue weighted by Crippen LogP contribution is 2.36. The van der Waals surface area contributed by atoms with Crippen molar-refractivity contribution in [3.8, 4) is 0 Å². The second kappa shape index (κ2) is 5.41. The van der Waals surface area contributed by atoms with Gasteiger partial charge >= 0.3 is 0 Å². The van der Waals surface area contributed by atoms with Crippen molar-refractivity contribution in [1.82, 2.24) is 10.3 Å². The molecule has 3 nitrogen and oxygen atoms in total. The fourth-order valence-electron chi connectivity index (χ4n) is 2.49. The van der Waals surface area contributed by atoms with E-state index in [1.807, 2.05) is 12.3 Å². The number of nitrogens with zero attached hydrogens (tertiary/aromatic N) is 1. The summed E-state index contributed by atoms with van der Waals surface area (Å²) in [5, 5.41) is 12.9. The Morgan fingerprint density at radius 1 is 1.38 bits per heavy atom. The summed E-state index contributed by atoms with van der Waals surface area (Å²) >= 11 is 0. The lowest BCUT2D eigenvalue weighted by Crippen LogP contribution is -2.34. The minimum Gasteiger partial charge on any atom is -0.396 e. The number of aromatic nitrogens is 1. The number of aliphatic hydroxyl groups is 1. The van der Waals surface area contributed by atoms with Gasteiger partial charge in [0.15, 0.2) is 0 Å². The van der Waals surface area contributed by atoms with Crippen molar-refractivity contribution in [3.05, 3.63) is 30.1 Å². The van der Waals surface area contributed by atoms with Gasteiger partial charge in [0.2, 0.25) is 0 Å². The second-order valence-electron chi connectivity index (χ2n) is 4.83. The van der Waals surface area contributed by atoms with Crippen molar-refractivity contribution in [2.45, 2.75) is 32.2 Å². The van der Waals surface area contributed by atoms with E-state index in [1.54, 1.807) is 6.20 Å². The van der Waals surface area contributed by atoms with Crippen LogP contribution in [0.3, 0.4) is 0 Å². The van der Waals surface area contributed by atoms with E-state index < -0.39 is 0 Å². The minimum absolute atomic E-state index is 0.141. The number of pyridine rings is 1. The maximum atomic E-state index is 9.46. The van der Waals surface area contributed by atoms with Crippen LogP contribution in [0.1, 0.15) is 31.2 Å². The first kappa shape index (κ1) is 11.6. The molecule has 16 heavy (non-hydrogen) atoms. The molecule has 0 atom stereocenters. The molecule has 1 fully saturated rings. The summed E-state index contributed by atoms with van der Waals surface area (Å²) in [6, 6.07) is 4.02. The summed E-state index contributed by atoms with van der Waals surface area (Å²) < 4.78 is 0. The standard InChI is InChI=1S/C13H20N2O/c16-11-13(5-1-2-6-13)10-15-9-12-4-3-7-14-8-12/h3-4,7-8,15-16H,1-2,5-6,9-11H2. The molecule has 1 aromatic rings. The van der Waals surface area contributed by atoms with Gasteiger partial charge in [0.05, 0.1) is 0 Å². The maximum Gasteiger partial charge on any atom is 0.0499 e. The molecule has 1 aliphatic carbocycles. The highest BCUT2D eigenvalue weighted by Gasteiger charge is 2.32. The smallest absolute Gasteiger partial charge is 0.0499 e. The Hall–Kier alpha value is -0.930. The van der Waals surface area contributed by atoms with Crippen LogP contribution in [0.2, 0.25) is 0 Å². The summed E-state index contributed by atoms with van der Waals surface area (Å²) in [5.41, 5.74) is 1.34. The van der Waals surface area contributed by atoms with Gasteiger partial charge in [-0.3, -0.25) is 4.98 Å². The van der Waals surface area contributed by atoms with Crippen LogP contribution >= 0.6 is 0 Å². The van der Waals surface area contributed by atoms with Crippen LogP contribution in [0, 0.1) is 5.41 Å². The lowest BCUT2D eigenvalue weighted by molar-refractivity contribution is 0.128. The molecule has 1 saturated carbocycles. The Morgan fingerprint density at radius 3 is 2.81 bits per heavy atom. The first-order valence-corrected chi connectivity index (χ1v) is 6.05. The summed E-state index contributed by atoms with van der Waals surface area (Å²) in [7, 11) is 0. The van der Waals surface area contributed by atoms with E-state index in [-0.39, 0.29) is 5.41 Å². The molecule has 0 aromatic carbocycles. The average Bonchev–Trinajstić information content (AvgIpc) is 2.80. The van der Waals surface area contributed by atoms with Crippen molar-refractivity contribution in [2.24, 2.45) is 5.41 Å². The Kier molecular flexibility index (Phi) is 3.91. The van der Waals surface area contributed by atoms with Crippen molar-refractivity contribution < 1.29 is 5.11 Å². The Labute approximate surface area is 96.9 Å². The molecule has 0 bridgehead atoms. The predicted octanol–water partition coefficient (Wildman–Crippen LogP) is 1.72. The van der Waals surface area contributed by atoms with E-state index in [0.717, 1.165) is 25.9 Å². The van der Waals surface area contributed by atoms with Crippen LogP contribution in [-0.2, 0) is 6.54 Å². The molecule has 0 aliphatic heterocycles. The average molecular weight is 220 g/mol. The largest absolute Gasteiger partial charge is 0.396 e. The third-order valence-corrected chi connectivity index (χ3v) is 3.55. The van der Waals surface area contributed by atoms with Crippen LogP contribution < -0.4 is 5.32 Å². The van der Waals surface area contributed by atoms with Gasteiger partial charge in [0.1, 0.15) is 0 Å². The van der Waals surface area contributed by atoms with E-state index in [4.69, 9.17) is 0 Å². The van der Waals surface area contributed by atoms with E-state index in [9.17, 15) is 5.11 Å². The number of aliphatic hydroxyl groups excluding tert-OH is 1. The zero-order valence-corrected chi connectivity index (χ0v) is 9.65. The molecule has 1 aliphatic rings. The molecule has 0 saturated heterocycles. The summed E-state index contributed by atoms with van der Waals surface area (Å²) in [5.74, 6) is 0. The monoisotopic (exact) mass is 220 g/mol. The quantitative estimate of drug-likeness (QED) is 0.794. The lowest BCUT2D eigenvalue weighted by atomic mass is 9.87. The molecule has 1 aromatic heterocycles. The molecule has 0 spiro atoms. The fraction of sp³-hybridized carbons (Fsp3) is 0.615. The molecular formula is C13H20N2O. The minimum atomic E-state index is 0.141. The van der Waals surface area contributed by atoms with E-state index in [2.05, 4.69) is 16.4 Å². The fourth-order valence-corrected chi connectivity index (χ4v) is 2.49. The first-order valence-electron chi connectivity index (χ1n) is 6.05. The Balaban J connectivity index is 1.79. The lowest BCUT2D eigenvalue weighted by Gasteiger charge is -2.26. The van der Waals surface area contributed by atoms with Crippen LogP contribution in [0.4, 0.5) is 0 Å². The van der Waals surface area contributed by atoms with Crippen LogP contribution in [0.5, 0.6) is 0 Å². The summed E-state index contributed by atoms with van der Waals surface area (Å²) in [6.07, 6.45) is 8.50. The van der Waals surface area contributed by atoms with Gasteiger partial charge in [0.25, 0.3) is 0 Å².